The van der Waals surface area contributed by atoms with Gasteiger partial charge in [0, 0.05) is 18.2 Å². The Morgan fingerprint density at radius 2 is 1.90 bits per heavy atom. The van der Waals surface area contributed by atoms with Crippen LogP contribution in [0.5, 0.6) is 11.5 Å². The van der Waals surface area contributed by atoms with E-state index in [4.69, 9.17) is 14.0 Å². The van der Waals surface area contributed by atoms with Crippen molar-refractivity contribution in [2.45, 2.75) is 39.5 Å². The second-order valence-corrected chi connectivity index (χ2v) is 5.83. The first-order chi connectivity index (χ1) is 9.98. The molecule has 0 aliphatic heterocycles. The molecular weight excluding hydrogens is 268 g/mol. The molecule has 1 heterocycles. The molecule has 0 saturated heterocycles. The van der Waals surface area contributed by atoms with Crippen molar-refractivity contribution in [2.24, 2.45) is 0 Å². The molecule has 0 aliphatic carbocycles. The zero-order valence-electron chi connectivity index (χ0n) is 13.0. The number of hydrogen-bond acceptors (Lipinski definition) is 5. The number of ether oxygens (including phenoxy) is 2. The maximum absolute atomic E-state index is 5.69. The van der Waals surface area contributed by atoms with Crippen LogP contribution in [0, 0.1) is 0 Å². The van der Waals surface area contributed by atoms with E-state index in [1.165, 1.54) is 0 Å². The first-order valence-electron chi connectivity index (χ1n) is 6.93. The molecule has 21 heavy (non-hydrogen) atoms. The molecule has 2 rings (SSSR count). The fourth-order valence-electron chi connectivity index (χ4n) is 1.75. The minimum Gasteiger partial charge on any atom is -0.493 e. The second-order valence-electron chi connectivity index (χ2n) is 5.83. The molecule has 0 bridgehead atoms. The number of hydrogen-bond donors (Lipinski definition) is 1. The highest BCUT2D eigenvalue weighted by Crippen LogP contribution is 2.26. The van der Waals surface area contributed by atoms with Crippen molar-refractivity contribution in [3.8, 4) is 11.5 Å². The summed E-state index contributed by atoms with van der Waals surface area (Å²) in [6.45, 7) is 7.32. The Balaban J connectivity index is 1.91. The van der Waals surface area contributed by atoms with Crippen LogP contribution in [0.1, 0.15) is 32.2 Å². The number of methoxy groups -OCH3 is 1. The van der Waals surface area contributed by atoms with Gasteiger partial charge in [-0.05, 0) is 32.9 Å². The highest BCUT2D eigenvalue weighted by atomic mass is 16.5. The third kappa shape index (κ3) is 4.79. The van der Waals surface area contributed by atoms with Gasteiger partial charge in [-0.25, -0.2) is 0 Å². The lowest BCUT2D eigenvalue weighted by Crippen LogP contribution is -2.35. The zero-order valence-corrected chi connectivity index (χ0v) is 13.0. The topological polar surface area (TPSA) is 56.5 Å². The van der Waals surface area contributed by atoms with Crippen LogP contribution in [-0.4, -0.2) is 17.8 Å². The quantitative estimate of drug-likeness (QED) is 0.885. The van der Waals surface area contributed by atoms with Gasteiger partial charge in [-0.3, -0.25) is 0 Å². The molecule has 1 N–H and O–H groups in total. The largest absolute Gasteiger partial charge is 0.493 e. The van der Waals surface area contributed by atoms with Crippen molar-refractivity contribution in [3.05, 3.63) is 41.8 Å². The van der Waals surface area contributed by atoms with E-state index in [2.05, 4.69) is 31.2 Å². The molecule has 0 saturated carbocycles. The van der Waals surface area contributed by atoms with E-state index in [0.717, 1.165) is 5.69 Å². The Hall–Kier alpha value is -2.01. The summed E-state index contributed by atoms with van der Waals surface area (Å²) < 4.78 is 16.2. The van der Waals surface area contributed by atoms with Gasteiger partial charge in [0.15, 0.2) is 17.3 Å². The van der Waals surface area contributed by atoms with Crippen LogP contribution < -0.4 is 14.8 Å². The van der Waals surface area contributed by atoms with Gasteiger partial charge >= 0.3 is 0 Å². The van der Waals surface area contributed by atoms with Crippen LogP contribution >= 0.6 is 0 Å². The molecule has 2 aromatic rings. The van der Waals surface area contributed by atoms with E-state index in [0.29, 0.717) is 30.4 Å². The first-order valence-corrected chi connectivity index (χ1v) is 6.93. The number of rotatable bonds is 6. The minimum atomic E-state index is 0.0486. The summed E-state index contributed by atoms with van der Waals surface area (Å²) in [6.07, 6.45) is 0. The van der Waals surface area contributed by atoms with Gasteiger partial charge in [0.25, 0.3) is 0 Å². The van der Waals surface area contributed by atoms with E-state index in [9.17, 15) is 0 Å². The van der Waals surface area contributed by atoms with E-state index >= 15 is 0 Å². The van der Waals surface area contributed by atoms with Gasteiger partial charge in [0.2, 0.25) is 0 Å². The number of aromatic nitrogens is 1. The highest BCUT2D eigenvalue weighted by Gasteiger charge is 2.11. The van der Waals surface area contributed by atoms with Crippen molar-refractivity contribution >= 4 is 0 Å². The van der Waals surface area contributed by atoms with Crippen molar-refractivity contribution < 1.29 is 14.0 Å². The lowest BCUT2D eigenvalue weighted by molar-refractivity contribution is 0.238. The monoisotopic (exact) mass is 290 g/mol. The molecule has 0 aliphatic rings. The first kappa shape index (κ1) is 15.4. The Bertz CT molecular complexity index is 573. The Labute approximate surface area is 125 Å². The zero-order chi connectivity index (χ0) is 15.3. The summed E-state index contributed by atoms with van der Waals surface area (Å²) in [6, 6.07) is 9.41. The van der Waals surface area contributed by atoms with Crippen LogP contribution in [0.15, 0.2) is 34.9 Å². The van der Waals surface area contributed by atoms with Gasteiger partial charge in [-0.15, -0.1) is 0 Å². The van der Waals surface area contributed by atoms with E-state index in [1.54, 1.807) is 7.11 Å². The van der Waals surface area contributed by atoms with Crippen LogP contribution in [0.3, 0.4) is 0 Å². The Morgan fingerprint density at radius 3 is 2.57 bits per heavy atom. The van der Waals surface area contributed by atoms with Crippen LogP contribution in [0.4, 0.5) is 0 Å². The lowest BCUT2D eigenvalue weighted by atomic mass is 10.1. The fourth-order valence-corrected chi connectivity index (χ4v) is 1.75. The summed E-state index contributed by atoms with van der Waals surface area (Å²) in [5.41, 5.74) is 0.913. The molecule has 0 amide bonds. The molecule has 114 valence electrons. The SMILES string of the molecule is COc1ccccc1OCc1cc(CNC(C)(C)C)no1. The maximum Gasteiger partial charge on any atom is 0.174 e. The molecule has 5 nitrogen and oxygen atoms in total. The van der Waals surface area contributed by atoms with Crippen molar-refractivity contribution in [2.75, 3.05) is 7.11 Å². The standard InChI is InChI=1S/C16H22N2O3/c1-16(2,3)17-10-12-9-13(21-18-12)11-20-15-8-6-5-7-14(15)19-4/h5-9,17H,10-11H2,1-4H3. The van der Waals surface area contributed by atoms with Gasteiger partial charge in [0.1, 0.15) is 6.61 Å². The van der Waals surface area contributed by atoms with Crippen LogP contribution in [0.2, 0.25) is 0 Å². The van der Waals surface area contributed by atoms with Gasteiger partial charge < -0.3 is 19.3 Å². The summed E-state index contributed by atoms with van der Waals surface area (Å²) in [7, 11) is 1.62. The van der Waals surface area contributed by atoms with Crippen molar-refractivity contribution in [1.29, 1.82) is 0 Å². The molecule has 1 aromatic carbocycles. The normalized spacial score (nSPS) is 11.4. The summed E-state index contributed by atoms with van der Waals surface area (Å²) in [5, 5.41) is 7.39. The Kier molecular flexibility index (Phi) is 4.85. The summed E-state index contributed by atoms with van der Waals surface area (Å²) in [4.78, 5) is 0. The van der Waals surface area contributed by atoms with E-state index in [-0.39, 0.29) is 5.54 Å². The predicted molar refractivity (Wildman–Crippen MR) is 80.4 cm³/mol. The van der Waals surface area contributed by atoms with E-state index < -0.39 is 0 Å². The number of nitrogens with one attached hydrogen (secondary N) is 1. The molecule has 0 spiro atoms. The fraction of sp³-hybridized carbons (Fsp3) is 0.438. The smallest absolute Gasteiger partial charge is 0.174 e. The molecule has 0 unspecified atom stereocenters. The lowest BCUT2D eigenvalue weighted by Gasteiger charge is -2.19. The average Bonchev–Trinajstić information content (AvgIpc) is 2.90. The van der Waals surface area contributed by atoms with Crippen LogP contribution in [0.25, 0.3) is 0 Å². The average molecular weight is 290 g/mol. The highest BCUT2D eigenvalue weighted by molar-refractivity contribution is 5.39. The predicted octanol–water partition coefficient (Wildman–Crippen LogP) is 3.15. The third-order valence-electron chi connectivity index (χ3n) is 2.85. The van der Waals surface area contributed by atoms with Crippen LogP contribution in [-0.2, 0) is 13.2 Å². The molecule has 0 atom stereocenters. The Morgan fingerprint density at radius 1 is 1.19 bits per heavy atom. The van der Waals surface area contributed by atoms with Gasteiger partial charge in [-0.2, -0.15) is 0 Å². The molecule has 1 aromatic heterocycles. The molecule has 0 radical (unpaired) electrons. The second kappa shape index (κ2) is 6.63. The number of para-hydroxylation sites is 2. The molecule has 0 fully saturated rings. The maximum atomic E-state index is 5.69. The summed E-state index contributed by atoms with van der Waals surface area (Å²) >= 11 is 0. The van der Waals surface area contributed by atoms with Gasteiger partial charge in [0.05, 0.1) is 12.8 Å². The summed E-state index contributed by atoms with van der Waals surface area (Å²) in [5.74, 6) is 2.07. The minimum absolute atomic E-state index is 0.0486. The number of nitrogens with zero attached hydrogens (tertiary/aromatic N) is 1. The third-order valence-corrected chi connectivity index (χ3v) is 2.85. The molecular formula is C16H22N2O3. The van der Waals surface area contributed by atoms with Crippen molar-refractivity contribution in [1.82, 2.24) is 10.5 Å². The van der Waals surface area contributed by atoms with Gasteiger partial charge in [-0.1, -0.05) is 17.3 Å². The number of benzene rings is 1. The van der Waals surface area contributed by atoms with E-state index in [1.807, 2.05) is 30.3 Å². The van der Waals surface area contributed by atoms with Crippen molar-refractivity contribution in [3.63, 3.8) is 0 Å². The molecule has 5 heteroatoms.